The summed E-state index contributed by atoms with van der Waals surface area (Å²) in [4.78, 5) is 3.97. The maximum absolute atomic E-state index is 12.6. The van der Waals surface area contributed by atoms with Crippen molar-refractivity contribution in [2.45, 2.75) is 37.1 Å². The normalized spacial score (nSPS) is 26.3. The van der Waals surface area contributed by atoms with Crippen molar-refractivity contribution in [1.82, 2.24) is 4.98 Å². The molecule has 15 heavy (non-hydrogen) atoms. The maximum Gasteiger partial charge on any atom is 0.141 e. The minimum absolute atomic E-state index is 0.301. The van der Waals surface area contributed by atoms with Gasteiger partial charge in [-0.2, -0.15) is 0 Å². The molecule has 1 aromatic rings. The largest absolute Gasteiger partial charge is 0.367 e. The van der Waals surface area contributed by atoms with Crippen molar-refractivity contribution in [2.75, 3.05) is 5.32 Å². The summed E-state index contributed by atoms with van der Waals surface area (Å²) in [6.07, 6.45) is 5.44. The van der Waals surface area contributed by atoms with Crippen molar-refractivity contribution in [3.63, 3.8) is 0 Å². The van der Waals surface area contributed by atoms with Gasteiger partial charge in [0.05, 0.1) is 6.20 Å². The Balaban J connectivity index is 1.89. The van der Waals surface area contributed by atoms with Crippen LogP contribution in [0, 0.1) is 5.82 Å². The molecule has 0 bridgehead atoms. The zero-order valence-corrected chi connectivity index (χ0v) is 9.17. The summed E-state index contributed by atoms with van der Waals surface area (Å²) in [5, 5.41) is 3.62. The molecule has 82 valence electrons. The van der Waals surface area contributed by atoms with Gasteiger partial charge < -0.3 is 5.32 Å². The molecular formula is C11H14ClFN2. The Labute approximate surface area is 93.9 Å². The Kier molecular flexibility index (Phi) is 3.41. The second-order valence-electron chi connectivity index (χ2n) is 3.95. The van der Waals surface area contributed by atoms with Crippen LogP contribution in [-0.4, -0.2) is 16.4 Å². The van der Waals surface area contributed by atoms with E-state index in [0.29, 0.717) is 11.4 Å². The lowest BCUT2D eigenvalue weighted by molar-refractivity contribution is 0.467. The highest BCUT2D eigenvalue weighted by Crippen LogP contribution is 2.24. The van der Waals surface area contributed by atoms with Crippen LogP contribution in [0.2, 0.25) is 0 Å². The molecule has 1 aliphatic rings. The Morgan fingerprint density at radius 2 is 2.00 bits per heavy atom. The van der Waals surface area contributed by atoms with Gasteiger partial charge in [-0.15, -0.1) is 11.6 Å². The minimum Gasteiger partial charge on any atom is -0.367 e. The second-order valence-corrected chi connectivity index (χ2v) is 4.57. The Morgan fingerprint density at radius 1 is 1.27 bits per heavy atom. The number of rotatable bonds is 2. The number of nitrogens with zero attached hydrogens (tertiary/aromatic N) is 1. The van der Waals surface area contributed by atoms with Gasteiger partial charge in [0, 0.05) is 11.4 Å². The van der Waals surface area contributed by atoms with E-state index in [1.807, 2.05) is 0 Å². The third-order valence-electron chi connectivity index (χ3n) is 2.74. The van der Waals surface area contributed by atoms with E-state index in [2.05, 4.69) is 10.3 Å². The quantitative estimate of drug-likeness (QED) is 0.787. The lowest BCUT2D eigenvalue weighted by Gasteiger charge is -2.26. The molecule has 0 aliphatic heterocycles. The number of alkyl halides is 1. The molecule has 1 N–H and O–H groups in total. The van der Waals surface area contributed by atoms with E-state index >= 15 is 0 Å². The van der Waals surface area contributed by atoms with Crippen LogP contribution in [-0.2, 0) is 0 Å². The standard InChI is InChI=1S/C11H14ClFN2/c12-8-1-4-10(5-2-8)15-11-6-3-9(13)7-14-11/h3,6-8,10H,1-2,4-5H2,(H,14,15). The van der Waals surface area contributed by atoms with Gasteiger partial charge in [0.15, 0.2) is 0 Å². The summed E-state index contributed by atoms with van der Waals surface area (Å²) in [5.74, 6) is 0.444. The maximum atomic E-state index is 12.6. The first-order valence-electron chi connectivity index (χ1n) is 5.26. The fourth-order valence-corrected chi connectivity index (χ4v) is 2.12. The number of aromatic nitrogens is 1. The second kappa shape index (κ2) is 4.79. The SMILES string of the molecule is Fc1ccc(NC2CCC(Cl)CC2)nc1. The van der Waals surface area contributed by atoms with Gasteiger partial charge in [0.25, 0.3) is 0 Å². The first-order chi connectivity index (χ1) is 7.24. The van der Waals surface area contributed by atoms with Gasteiger partial charge in [-0.05, 0) is 37.8 Å². The highest BCUT2D eigenvalue weighted by molar-refractivity contribution is 6.20. The molecule has 0 spiro atoms. The Morgan fingerprint density at radius 3 is 2.60 bits per heavy atom. The summed E-state index contributed by atoms with van der Waals surface area (Å²) in [7, 11) is 0. The topological polar surface area (TPSA) is 24.9 Å². The summed E-state index contributed by atoms with van der Waals surface area (Å²) in [6.45, 7) is 0. The molecule has 0 aromatic carbocycles. The molecule has 0 atom stereocenters. The molecule has 1 saturated carbocycles. The highest BCUT2D eigenvalue weighted by atomic mass is 35.5. The number of anilines is 1. The minimum atomic E-state index is -0.301. The first kappa shape index (κ1) is 10.7. The van der Waals surface area contributed by atoms with Crippen LogP contribution in [0.25, 0.3) is 0 Å². The van der Waals surface area contributed by atoms with E-state index in [1.165, 1.54) is 12.3 Å². The van der Waals surface area contributed by atoms with Crippen LogP contribution in [0.1, 0.15) is 25.7 Å². The Hall–Kier alpha value is -0.830. The van der Waals surface area contributed by atoms with Crippen LogP contribution in [0.4, 0.5) is 10.2 Å². The van der Waals surface area contributed by atoms with Crippen molar-refractivity contribution in [3.8, 4) is 0 Å². The Bertz CT molecular complexity index is 307. The third-order valence-corrected chi connectivity index (χ3v) is 3.17. The number of hydrogen-bond acceptors (Lipinski definition) is 2. The van der Waals surface area contributed by atoms with E-state index in [0.717, 1.165) is 31.5 Å². The molecule has 2 nitrogen and oxygen atoms in total. The first-order valence-corrected chi connectivity index (χ1v) is 5.70. The fourth-order valence-electron chi connectivity index (χ4n) is 1.87. The van der Waals surface area contributed by atoms with Crippen molar-refractivity contribution < 1.29 is 4.39 Å². The molecule has 1 aliphatic carbocycles. The zero-order valence-electron chi connectivity index (χ0n) is 8.42. The van der Waals surface area contributed by atoms with Gasteiger partial charge in [-0.25, -0.2) is 9.37 Å². The van der Waals surface area contributed by atoms with Crippen LogP contribution >= 0.6 is 11.6 Å². The van der Waals surface area contributed by atoms with Crippen LogP contribution in [0.15, 0.2) is 18.3 Å². The van der Waals surface area contributed by atoms with E-state index in [4.69, 9.17) is 11.6 Å². The molecular weight excluding hydrogens is 215 g/mol. The van der Waals surface area contributed by atoms with E-state index in [9.17, 15) is 4.39 Å². The lowest BCUT2D eigenvalue weighted by atomic mass is 9.95. The fraction of sp³-hybridized carbons (Fsp3) is 0.545. The zero-order chi connectivity index (χ0) is 10.7. The summed E-state index contributed by atoms with van der Waals surface area (Å²) in [5.41, 5.74) is 0. The highest BCUT2D eigenvalue weighted by Gasteiger charge is 2.19. The van der Waals surface area contributed by atoms with Crippen molar-refractivity contribution in [3.05, 3.63) is 24.1 Å². The van der Waals surface area contributed by atoms with E-state index in [-0.39, 0.29) is 5.82 Å². The van der Waals surface area contributed by atoms with Crippen molar-refractivity contribution >= 4 is 17.4 Å². The van der Waals surface area contributed by atoms with Crippen molar-refractivity contribution in [1.29, 1.82) is 0 Å². The molecule has 1 aromatic heterocycles. The van der Waals surface area contributed by atoms with E-state index in [1.54, 1.807) is 6.07 Å². The van der Waals surface area contributed by atoms with Gasteiger partial charge in [-0.1, -0.05) is 0 Å². The molecule has 0 radical (unpaired) electrons. The average Bonchev–Trinajstić information content (AvgIpc) is 2.25. The van der Waals surface area contributed by atoms with Gasteiger partial charge >= 0.3 is 0 Å². The number of hydrogen-bond donors (Lipinski definition) is 1. The van der Waals surface area contributed by atoms with Crippen LogP contribution in [0.3, 0.4) is 0 Å². The summed E-state index contributed by atoms with van der Waals surface area (Å²) < 4.78 is 12.6. The third kappa shape index (κ3) is 3.06. The van der Waals surface area contributed by atoms with Gasteiger partial charge in [0.1, 0.15) is 11.6 Å². The lowest BCUT2D eigenvalue weighted by Crippen LogP contribution is -2.26. The molecule has 0 unspecified atom stereocenters. The smallest absolute Gasteiger partial charge is 0.141 e. The summed E-state index contributed by atoms with van der Waals surface area (Å²) >= 11 is 6.01. The summed E-state index contributed by atoms with van der Waals surface area (Å²) in [6, 6.07) is 3.52. The molecule has 4 heteroatoms. The van der Waals surface area contributed by atoms with Gasteiger partial charge in [0.2, 0.25) is 0 Å². The number of pyridine rings is 1. The predicted octanol–water partition coefficient (Wildman–Crippen LogP) is 3.18. The molecule has 1 heterocycles. The molecule has 1 fully saturated rings. The van der Waals surface area contributed by atoms with E-state index < -0.39 is 0 Å². The molecule has 0 saturated heterocycles. The average molecular weight is 229 g/mol. The number of nitrogens with one attached hydrogen (secondary N) is 1. The van der Waals surface area contributed by atoms with Crippen LogP contribution < -0.4 is 5.32 Å². The predicted molar refractivity (Wildman–Crippen MR) is 59.7 cm³/mol. The molecule has 0 amide bonds. The van der Waals surface area contributed by atoms with Crippen molar-refractivity contribution in [2.24, 2.45) is 0 Å². The van der Waals surface area contributed by atoms with Crippen LogP contribution in [0.5, 0.6) is 0 Å². The number of halogens is 2. The monoisotopic (exact) mass is 228 g/mol. The van der Waals surface area contributed by atoms with Gasteiger partial charge in [-0.3, -0.25) is 0 Å². The molecule has 2 rings (SSSR count).